The normalized spacial score (nSPS) is 15.6. The summed E-state index contributed by atoms with van der Waals surface area (Å²) in [7, 11) is 0. The molecule has 200 valence electrons. The second kappa shape index (κ2) is 9.34. The fraction of sp³-hybridized carbons (Fsp3) is 0.167. The van der Waals surface area contributed by atoms with Crippen LogP contribution in [-0.2, 0) is 17.4 Å². The molecule has 1 aliphatic rings. The van der Waals surface area contributed by atoms with Gasteiger partial charge in [-0.25, -0.2) is 9.97 Å². The molecule has 6 nitrogen and oxygen atoms in total. The topological polar surface area (TPSA) is 59.7 Å². The van der Waals surface area contributed by atoms with E-state index in [4.69, 9.17) is 4.74 Å². The first-order valence-electron chi connectivity index (χ1n) is 12.7. The Bertz CT molecular complexity index is 1880. The number of rotatable bonds is 4. The number of ether oxygens (including phenoxy) is 1. The lowest BCUT2D eigenvalue weighted by Crippen LogP contribution is -2.43. The van der Waals surface area contributed by atoms with E-state index in [0.29, 0.717) is 30.1 Å². The van der Waals surface area contributed by atoms with E-state index in [2.05, 4.69) is 9.97 Å². The van der Waals surface area contributed by atoms with Gasteiger partial charge >= 0.3 is 6.18 Å². The van der Waals surface area contributed by atoms with Crippen LogP contribution in [0.2, 0.25) is 0 Å². The highest BCUT2D eigenvalue weighted by molar-refractivity contribution is 7.18. The number of hydrogen-bond donors (Lipinski definition) is 0. The van der Waals surface area contributed by atoms with Gasteiger partial charge in [0, 0.05) is 35.6 Å². The second-order valence-corrected chi connectivity index (χ2v) is 10.7. The van der Waals surface area contributed by atoms with Gasteiger partial charge in [0.1, 0.15) is 22.3 Å². The van der Waals surface area contributed by atoms with Crippen LogP contribution in [0.3, 0.4) is 0 Å². The molecule has 10 heteroatoms. The Morgan fingerprint density at radius 2 is 1.82 bits per heavy atom. The molecule has 0 radical (unpaired) electrons. The summed E-state index contributed by atoms with van der Waals surface area (Å²) in [6.45, 7) is 0.178. The van der Waals surface area contributed by atoms with Gasteiger partial charge in [-0.1, -0.05) is 36.4 Å². The molecule has 0 bridgehead atoms. The smallest absolute Gasteiger partial charge is 0.416 e. The fourth-order valence-corrected chi connectivity index (χ4v) is 6.45. The SMILES string of the molecule is O=C(COc1ccc2ccccc2c1)N1CCc2nc3cc(C(F)(F)F)ccn3c2C1c1cc2cccnc2s1. The standard InChI is InChI=1S/C30H21F3N4O2S/c31-30(32,33)21-9-12-36-25(16-21)35-23-10-13-37(28(27(23)36)24-15-20-6-3-11-34-29(20)40-24)26(38)17-39-22-8-7-18-4-1-2-5-19(18)14-22/h1-9,11-12,14-16,28H,10,13,17H2. The number of nitrogens with zero attached hydrogens (tertiary/aromatic N) is 4. The number of halogens is 3. The van der Waals surface area contributed by atoms with E-state index in [1.807, 2.05) is 60.7 Å². The number of carbonyl (C=O) groups is 1. The summed E-state index contributed by atoms with van der Waals surface area (Å²) in [6, 6.07) is 20.9. The molecule has 4 aromatic heterocycles. The maximum atomic E-state index is 13.7. The fourth-order valence-electron chi connectivity index (χ4n) is 5.33. The van der Waals surface area contributed by atoms with Gasteiger partial charge in [0.05, 0.1) is 17.0 Å². The lowest BCUT2D eigenvalue weighted by Gasteiger charge is -2.35. The Hall–Kier alpha value is -4.44. The molecular formula is C30H21F3N4O2S. The first kappa shape index (κ1) is 24.6. The number of imidazole rings is 1. The quantitative estimate of drug-likeness (QED) is 0.243. The van der Waals surface area contributed by atoms with Crippen molar-refractivity contribution in [1.29, 1.82) is 0 Å². The molecule has 6 aromatic rings. The van der Waals surface area contributed by atoms with Crippen LogP contribution in [0.4, 0.5) is 13.2 Å². The summed E-state index contributed by atoms with van der Waals surface area (Å²) in [5.41, 5.74) is 0.794. The Morgan fingerprint density at radius 3 is 2.65 bits per heavy atom. The number of amides is 1. The molecule has 7 rings (SSSR count). The average Bonchev–Trinajstić information content (AvgIpc) is 3.56. The van der Waals surface area contributed by atoms with Gasteiger partial charge in [0.2, 0.25) is 0 Å². The zero-order valence-corrected chi connectivity index (χ0v) is 21.7. The maximum Gasteiger partial charge on any atom is 0.416 e. The third-order valence-electron chi connectivity index (χ3n) is 7.21. The van der Waals surface area contributed by atoms with Gasteiger partial charge in [-0.05, 0) is 47.2 Å². The predicted molar refractivity (Wildman–Crippen MR) is 147 cm³/mol. The Kier molecular flexibility index (Phi) is 5.74. The van der Waals surface area contributed by atoms with Crippen molar-refractivity contribution in [2.24, 2.45) is 0 Å². The van der Waals surface area contributed by atoms with E-state index in [1.54, 1.807) is 15.5 Å². The molecule has 40 heavy (non-hydrogen) atoms. The first-order chi connectivity index (χ1) is 19.3. The van der Waals surface area contributed by atoms with Crippen molar-refractivity contribution >= 4 is 43.9 Å². The first-order valence-corrected chi connectivity index (χ1v) is 13.5. The predicted octanol–water partition coefficient (Wildman–Crippen LogP) is 6.67. The highest BCUT2D eigenvalue weighted by Crippen LogP contribution is 2.41. The van der Waals surface area contributed by atoms with Crippen LogP contribution in [-0.4, -0.2) is 38.3 Å². The summed E-state index contributed by atoms with van der Waals surface area (Å²) in [4.78, 5) is 26.1. The van der Waals surface area contributed by atoms with Crippen LogP contribution in [0, 0.1) is 0 Å². The third-order valence-corrected chi connectivity index (χ3v) is 8.32. The van der Waals surface area contributed by atoms with Gasteiger partial charge in [0.15, 0.2) is 6.61 Å². The minimum Gasteiger partial charge on any atom is -0.484 e. The zero-order valence-electron chi connectivity index (χ0n) is 20.9. The molecule has 5 heterocycles. The van der Waals surface area contributed by atoms with Crippen molar-refractivity contribution in [2.45, 2.75) is 18.6 Å². The second-order valence-electron chi connectivity index (χ2n) is 9.67. The van der Waals surface area contributed by atoms with E-state index in [0.717, 1.165) is 38.0 Å². The van der Waals surface area contributed by atoms with Crippen LogP contribution >= 0.6 is 11.3 Å². The minimum absolute atomic E-state index is 0.178. The molecule has 1 atom stereocenters. The van der Waals surface area contributed by atoms with Crippen LogP contribution < -0.4 is 4.74 Å². The van der Waals surface area contributed by atoms with E-state index in [1.165, 1.54) is 17.5 Å². The zero-order chi connectivity index (χ0) is 27.4. The van der Waals surface area contributed by atoms with Gasteiger partial charge in [-0.3, -0.25) is 4.79 Å². The van der Waals surface area contributed by atoms with E-state index >= 15 is 0 Å². The average molecular weight is 559 g/mol. The summed E-state index contributed by atoms with van der Waals surface area (Å²) >= 11 is 1.46. The molecule has 2 aromatic carbocycles. The number of carbonyl (C=O) groups excluding carboxylic acids is 1. The summed E-state index contributed by atoms with van der Waals surface area (Å²) in [5.74, 6) is 0.359. The van der Waals surface area contributed by atoms with E-state index < -0.39 is 17.8 Å². The Balaban J connectivity index is 1.27. The largest absolute Gasteiger partial charge is 0.484 e. The summed E-state index contributed by atoms with van der Waals surface area (Å²) in [5, 5.41) is 3.02. The number of thiophene rings is 1. The van der Waals surface area contributed by atoms with Gasteiger partial charge in [0.25, 0.3) is 5.91 Å². The van der Waals surface area contributed by atoms with E-state index in [9.17, 15) is 18.0 Å². The van der Waals surface area contributed by atoms with Crippen molar-refractivity contribution < 1.29 is 22.7 Å². The van der Waals surface area contributed by atoms with E-state index in [-0.39, 0.29) is 18.2 Å². The van der Waals surface area contributed by atoms with Crippen LogP contribution in [0.5, 0.6) is 5.75 Å². The molecule has 0 fully saturated rings. The summed E-state index contributed by atoms with van der Waals surface area (Å²) in [6.07, 6.45) is -0.961. The highest BCUT2D eigenvalue weighted by Gasteiger charge is 2.38. The molecule has 0 saturated heterocycles. The summed E-state index contributed by atoms with van der Waals surface area (Å²) < 4.78 is 47.9. The lowest BCUT2D eigenvalue weighted by molar-refractivity contribution is -0.137. The third kappa shape index (κ3) is 4.24. The number of alkyl halides is 3. The van der Waals surface area contributed by atoms with Crippen LogP contribution in [0.25, 0.3) is 26.6 Å². The van der Waals surface area contributed by atoms with Crippen LogP contribution in [0.15, 0.2) is 85.2 Å². The molecule has 0 aliphatic carbocycles. The van der Waals surface area contributed by atoms with Gasteiger partial charge < -0.3 is 14.0 Å². The van der Waals surface area contributed by atoms with Gasteiger partial charge in [-0.15, -0.1) is 11.3 Å². The molecular weight excluding hydrogens is 537 g/mol. The van der Waals surface area contributed by atoms with Crippen molar-refractivity contribution in [3.8, 4) is 5.75 Å². The Morgan fingerprint density at radius 1 is 1.00 bits per heavy atom. The number of hydrogen-bond acceptors (Lipinski definition) is 5. The Labute approximate surface area is 230 Å². The van der Waals surface area contributed by atoms with Gasteiger partial charge in [-0.2, -0.15) is 13.2 Å². The minimum atomic E-state index is -4.48. The number of aromatic nitrogens is 3. The molecule has 1 amide bonds. The van der Waals surface area contributed by atoms with Crippen molar-refractivity contribution in [1.82, 2.24) is 19.3 Å². The number of fused-ring (bicyclic) bond motifs is 5. The molecule has 0 saturated carbocycles. The van der Waals surface area contributed by atoms with Crippen molar-refractivity contribution in [2.75, 3.05) is 13.2 Å². The lowest BCUT2D eigenvalue weighted by atomic mass is 10.0. The maximum absolute atomic E-state index is 13.7. The number of pyridine rings is 2. The van der Waals surface area contributed by atoms with Crippen molar-refractivity contribution in [3.63, 3.8) is 0 Å². The monoisotopic (exact) mass is 558 g/mol. The van der Waals surface area contributed by atoms with Crippen LogP contribution in [0.1, 0.15) is 27.9 Å². The van der Waals surface area contributed by atoms with Crippen molar-refractivity contribution in [3.05, 3.63) is 107 Å². The molecule has 1 unspecified atom stereocenters. The number of benzene rings is 2. The molecule has 1 aliphatic heterocycles. The highest BCUT2D eigenvalue weighted by atomic mass is 32.1. The molecule has 0 N–H and O–H groups in total. The molecule has 0 spiro atoms.